The van der Waals surface area contributed by atoms with Crippen LogP contribution < -0.4 is 4.74 Å². The summed E-state index contributed by atoms with van der Waals surface area (Å²) in [5.74, 6) is 0. The van der Waals surface area contributed by atoms with Crippen molar-refractivity contribution in [2.75, 3.05) is 6.67 Å². The first-order valence-electron chi connectivity index (χ1n) is 7.06. The molecular formula is C15H19FN2O. The SMILES string of the molecule is FCCCCCCC1Cn2c(nc3ccccc32)O1. The van der Waals surface area contributed by atoms with Gasteiger partial charge in [0.1, 0.15) is 6.10 Å². The van der Waals surface area contributed by atoms with Crippen molar-refractivity contribution in [3.8, 4) is 6.01 Å². The lowest BCUT2D eigenvalue weighted by Crippen LogP contribution is -2.14. The quantitative estimate of drug-likeness (QED) is 0.742. The third-order valence-corrected chi connectivity index (χ3v) is 3.69. The van der Waals surface area contributed by atoms with Crippen LogP contribution in [0.3, 0.4) is 0 Å². The van der Waals surface area contributed by atoms with Crippen molar-refractivity contribution < 1.29 is 9.13 Å². The van der Waals surface area contributed by atoms with Gasteiger partial charge in [-0.2, -0.15) is 4.98 Å². The zero-order valence-corrected chi connectivity index (χ0v) is 11.0. The van der Waals surface area contributed by atoms with Gasteiger partial charge in [-0.25, -0.2) is 0 Å². The second-order valence-electron chi connectivity index (χ2n) is 5.13. The number of halogens is 1. The zero-order chi connectivity index (χ0) is 13.1. The van der Waals surface area contributed by atoms with E-state index in [2.05, 4.69) is 15.6 Å². The van der Waals surface area contributed by atoms with Gasteiger partial charge < -0.3 is 4.74 Å². The molecule has 2 heterocycles. The van der Waals surface area contributed by atoms with Crippen molar-refractivity contribution in [3.05, 3.63) is 24.3 Å². The lowest BCUT2D eigenvalue weighted by molar-refractivity contribution is 0.209. The Bertz CT molecular complexity index is 552. The van der Waals surface area contributed by atoms with E-state index < -0.39 is 0 Å². The molecule has 0 saturated heterocycles. The van der Waals surface area contributed by atoms with Gasteiger partial charge in [0, 0.05) is 0 Å². The summed E-state index contributed by atoms with van der Waals surface area (Å²) in [6.07, 6.45) is 5.14. The summed E-state index contributed by atoms with van der Waals surface area (Å²) >= 11 is 0. The number of ether oxygens (including phenoxy) is 1. The summed E-state index contributed by atoms with van der Waals surface area (Å²) in [4.78, 5) is 4.49. The first-order valence-corrected chi connectivity index (χ1v) is 7.06. The Kier molecular flexibility index (Phi) is 3.67. The van der Waals surface area contributed by atoms with E-state index in [1.807, 2.05) is 18.2 Å². The summed E-state index contributed by atoms with van der Waals surface area (Å²) < 4.78 is 20.0. The molecule has 102 valence electrons. The van der Waals surface area contributed by atoms with E-state index in [0.717, 1.165) is 49.3 Å². The van der Waals surface area contributed by atoms with Crippen molar-refractivity contribution in [2.45, 2.75) is 44.8 Å². The van der Waals surface area contributed by atoms with Gasteiger partial charge in [0.2, 0.25) is 0 Å². The van der Waals surface area contributed by atoms with E-state index in [1.54, 1.807) is 0 Å². The first kappa shape index (κ1) is 12.5. The number of alkyl halides is 1. The van der Waals surface area contributed by atoms with Crippen molar-refractivity contribution in [1.82, 2.24) is 9.55 Å². The molecule has 0 N–H and O–H groups in total. The highest BCUT2D eigenvalue weighted by Crippen LogP contribution is 2.29. The minimum absolute atomic E-state index is 0.193. The summed E-state index contributed by atoms with van der Waals surface area (Å²) in [7, 11) is 0. The van der Waals surface area contributed by atoms with Gasteiger partial charge in [-0.05, 0) is 31.4 Å². The Labute approximate surface area is 112 Å². The highest BCUT2D eigenvalue weighted by Gasteiger charge is 2.25. The smallest absolute Gasteiger partial charge is 0.297 e. The van der Waals surface area contributed by atoms with Gasteiger partial charge >= 0.3 is 0 Å². The molecule has 0 amide bonds. The van der Waals surface area contributed by atoms with Crippen LogP contribution in [-0.4, -0.2) is 22.3 Å². The molecule has 0 fully saturated rings. The molecular weight excluding hydrogens is 243 g/mol. The summed E-state index contributed by atoms with van der Waals surface area (Å²) in [5, 5.41) is 0. The maximum absolute atomic E-state index is 12.0. The van der Waals surface area contributed by atoms with E-state index >= 15 is 0 Å². The summed E-state index contributed by atoms with van der Waals surface area (Å²) in [5.41, 5.74) is 2.15. The van der Waals surface area contributed by atoms with E-state index in [-0.39, 0.29) is 12.8 Å². The van der Waals surface area contributed by atoms with Crippen LogP contribution in [0.4, 0.5) is 4.39 Å². The van der Waals surface area contributed by atoms with Crippen LogP contribution >= 0.6 is 0 Å². The molecule has 1 aliphatic rings. The molecule has 0 saturated carbocycles. The number of nitrogens with zero attached hydrogens (tertiary/aromatic N) is 2. The van der Waals surface area contributed by atoms with E-state index in [9.17, 15) is 4.39 Å². The molecule has 1 aromatic heterocycles. The van der Waals surface area contributed by atoms with Crippen LogP contribution in [0.15, 0.2) is 24.3 Å². The van der Waals surface area contributed by atoms with Crippen molar-refractivity contribution in [2.24, 2.45) is 0 Å². The maximum atomic E-state index is 12.0. The second kappa shape index (κ2) is 5.59. The first-order chi connectivity index (χ1) is 9.38. The van der Waals surface area contributed by atoms with Gasteiger partial charge in [-0.1, -0.05) is 25.0 Å². The lowest BCUT2D eigenvalue weighted by Gasteiger charge is -2.08. The number of hydrogen-bond donors (Lipinski definition) is 0. The largest absolute Gasteiger partial charge is 0.459 e. The Morgan fingerprint density at radius 1 is 1.21 bits per heavy atom. The van der Waals surface area contributed by atoms with Crippen LogP contribution in [-0.2, 0) is 6.54 Å². The molecule has 4 heteroatoms. The minimum Gasteiger partial charge on any atom is -0.459 e. The normalized spacial score (nSPS) is 17.6. The van der Waals surface area contributed by atoms with E-state index in [0.29, 0.717) is 6.42 Å². The molecule has 0 spiro atoms. The van der Waals surface area contributed by atoms with Gasteiger partial charge in [0.25, 0.3) is 6.01 Å². The van der Waals surface area contributed by atoms with Crippen LogP contribution in [0.25, 0.3) is 11.0 Å². The zero-order valence-electron chi connectivity index (χ0n) is 11.0. The average molecular weight is 262 g/mol. The fraction of sp³-hybridized carbons (Fsp3) is 0.533. The fourth-order valence-corrected chi connectivity index (χ4v) is 2.68. The molecule has 1 unspecified atom stereocenters. The molecule has 2 aromatic rings. The van der Waals surface area contributed by atoms with Crippen molar-refractivity contribution in [3.63, 3.8) is 0 Å². The van der Waals surface area contributed by atoms with Gasteiger partial charge in [-0.3, -0.25) is 8.96 Å². The molecule has 0 aliphatic carbocycles. The number of aromatic nitrogens is 2. The Hall–Kier alpha value is -1.58. The second-order valence-corrected chi connectivity index (χ2v) is 5.13. The van der Waals surface area contributed by atoms with Crippen LogP contribution in [0.1, 0.15) is 32.1 Å². The van der Waals surface area contributed by atoms with Crippen molar-refractivity contribution >= 4 is 11.0 Å². The number of rotatable bonds is 6. The Balaban J connectivity index is 1.56. The molecule has 3 rings (SSSR count). The van der Waals surface area contributed by atoms with Crippen LogP contribution in [0.2, 0.25) is 0 Å². The predicted octanol–water partition coefficient (Wildman–Crippen LogP) is 3.72. The van der Waals surface area contributed by atoms with Crippen LogP contribution in [0, 0.1) is 0 Å². The van der Waals surface area contributed by atoms with Gasteiger partial charge in [0.05, 0.1) is 24.3 Å². The molecule has 1 atom stereocenters. The highest BCUT2D eigenvalue weighted by molar-refractivity contribution is 5.76. The number of para-hydroxylation sites is 2. The Morgan fingerprint density at radius 2 is 2.05 bits per heavy atom. The lowest BCUT2D eigenvalue weighted by atomic mass is 10.1. The fourth-order valence-electron chi connectivity index (χ4n) is 2.68. The number of hydrogen-bond acceptors (Lipinski definition) is 2. The van der Waals surface area contributed by atoms with E-state index in [4.69, 9.17) is 4.74 Å². The molecule has 1 aromatic carbocycles. The van der Waals surface area contributed by atoms with E-state index in [1.165, 1.54) is 0 Å². The molecule has 0 bridgehead atoms. The molecule has 0 radical (unpaired) electrons. The number of fused-ring (bicyclic) bond motifs is 3. The number of unbranched alkanes of at least 4 members (excludes halogenated alkanes) is 3. The standard InChI is InChI=1S/C15H19FN2O/c16-10-6-2-1-3-7-12-11-18-14-9-5-4-8-13(14)17-15(18)19-12/h4-5,8-9,12H,1-3,6-7,10-11H2. The van der Waals surface area contributed by atoms with Crippen molar-refractivity contribution in [1.29, 1.82) is 0 Å². The maximum Gasteiger partial charge on any atom is 0.297 e. The van der Waals surface area contributed by atoms with Crippen LogP contribution in [0.5, 0.6) is 6.01 Å². The number of benzene rings is 1. The summed E-state index contributed by atoms with van der Waals surface area (Å²) in [6.45, 7) is 0.695. The Morgan fingerprint density at radius 3 is 2.95 bits per heavy atom. The summed E-state index contributed by atoms with van der Waals surface area (Å²) in [6, 6.07) is 8.86. The molecule has 19 heavy (non-hydrogen) atoms. The number of imidazole rings is 1. The third kappa shape index (κ3) is 2.57. The molecule has 3 nitrogen and oxygen atoms in total. The third-order valence-electron chi connectivity index (χ3n) is 3.69. The minimum atomic E-state index is -0.193. The van der Waals surface area contributed by atoms with Gasteiger partial charge in [-0.15, -0.1) is 0 Å². The topological polar surface area (TPSA) is 27.1 Å². The van der Waals surface area contributed by atoms with Gasteiger partial charge in [0.15, 0.2) is 0 Å². The predicted molar refractivity (Wildman–Crippen MR) is 73.2 cm³/mol. The highest BCUT2D eigenvalue weighted by atomic mass is 19.1. The average Bonchev–Trinajstić information content (AvgIpc) is 2.95. The monoisotopic (exact) mass is 262 g/mol. The molecule has 1 aliphatic heterocycles.